The number of nitrogens with zero attached hydrogens (tertiary/aromatic N) is 2. The predicted molar refractivity (Wildman–Crippen MR) is 60.7 cm³/mol. The van der Waals surface area contributed by atoms with Crippen LogP contribution in [0.1, 0.15) is 0 Å². The van der Waals surface area contributed by atoms with Crippen LogP contribution in [0.5, 0.6) is 11.5 Å². The molecule has 1 saturated heterocycles. The number of phenols is 2. The number of anilines is 1. The van der Waals surface area contributed by atoms with E-state index in [2.05, 4.69) is 0 Å². The van der Waals surface area contributed by atoms with Crippen molar-refractivity contribution in [2.75, 3.05) is 31.3 Å². The Hall–Kier alpha value is -1.79. The summed E-state index contributed by atoms with van der Waals surface area (Å²) >= 11 is 0. The third-order valence-corrected chi connectivity index (χ3v) is 2.62. The summed E-state index contributed by atoms with van der Waals surface area (Å²) in [6, 6.07) is 4.26. The van der Waals surface area contributed by atoms with Gasteiger partial charge in [0, 0.05) is 19.2 Å². The molecule has 1 fully saturated rings. The molecule has 1 amide bonds. The Balaban J connectivity index is 2.21. The molecular weight excluding hydrogens is 224 g/mol. The highest BCUT2D eigenvalue weighted by molar-refractivity contribution is 5.75. The van der Waals surface area contributed by atoms with Crippen molar-refractivity contribution in [2.24, 2.45) is 0 Å². The van der Waals surface area contributed by atoms with Crippen molar-refractivity contribution in [3.63, 3.8) is 0 Å². The summed E-state index contributed by atoms with van der Waals surface area (Å²) in [5, 5.41) is 21.9. The van der Waals surface area contributed by atoms with E-state index in [0.29, 0.717) is 38.4 Å². The van der Waals surface area contributed by atoms with E-state index < -0.39 is 0 Å². The monoisotopic (exact) mass is 238 g/mol. The van der Waals surface area contributed by atoms with Gasteiger partial charge in [0.05, 0.1) is 18.9 Å². The van der Waals surface area contributed by atoms with Crippen molar-refractivity contribution in [1.29, 1.82) is 0 Å². The number of ether oxygens (including phenoxy) is 1. The summed E-state index contributed by atoms with van der Waals surface area (Å²) in [5.74, 6) is -0.454. The van der Waals surface area contributed by atoms with Crippen LogP contribution in [0.3, 0.4) is 0 Å². The van der Waals surface area contributed by atoms with Crippen LogP contribution in [0.2, 0.25) is 0 Å². The van der Waals surface area contributed by atoms with Crippen LogP contribution in [-0.4, -0.2) is 47.9 Å². The summed E-state index contributed by atoms with van der Waals surface area (Å²) in [7, 11) is 0. The van der Waals surface area contributed by atoms with Gasteiger partial charge in [-0.05, 0) is 12.1 Å². The summed E-state index contributed by atoms with van der Waals surface area (Å²) in [6.07, 6.45) is 0.678. The first-order chi connectivity index (χ1) is 8.22. The Bertz CT molecular complexity index is 404. The highest BCUT2D eigenvalue weighted by Crippen LogP contribution is 2.29. The van der Waals surface area contributed by atoms with Crippen LogP contribution in [0, 0.1) is 0 Å². The lowest BCUT2D eigenvalue weighted by atomic mass is 10.2. The van der Waals surface area contributed by atoms with Crippen molar-refractivity contribution in [3.05, 3.63) is 18.2 Å². The van der Waals surface area contributed by atoms with Gasteiger partial charge in [0.15, 0.2) is 11.5 Å². The lowest BCUT2D eigenvalue weighted by molar-refractivity contribution is -0.111. The predicted octanol–water partition coefficient (Wildman–Crippen LogP) is 0.308. The molecule has 2 N–H and O–H groups in total. The van der Waals surface area contributed by atoms with Crippen LogP contribution in [-0.2, 0) is 9.53 Å². The number of aromatic hydroxyl groups is 2. The number of benzene rings is 1. The fourth-order valence-corrected chi connectivity index (χ4v) is 1.71. The second-order valence-electron chi connectivity index (χ2n) is 3.69. The molecule has 1 aliphatic rings. The molecule has 1 aliphatic heterocycles. The van der Waals surface area contributed by atoms with Crippen LogP contribution < -0.4 is 5.01 Å². The van der Waals surface area contributed by atoms with E-state index in [1.807, 2.05) is 5.01 Å². The largest absolute Gasteiger partial charge is 0.504 e. The van der Waals surface area contributed by atoms with E-state index in [9.17, 15) is 15.0 Å². The zero-order chi connectivity index (χ0) is 12.3. The Morgan fingerprint density at radius 1 is 1.24 bits per heavy atom. The molecule has 92 valence electrons. The van der Waals surface area contributed by atoms with Gasteiger partial charge in [0.1, 0.15) is 0 Å². The zero-order valence-electron chi connectivity index (χ0n) is 9.24. The molecule has 0 aliphatic carbocycles. The average molecular weight is 238 g/mol. The minimum atomic E-state index is -0.248. The van der Waals surface area contributed by atoms with E-state index in [1.165, 1.54) is 17.1 Å². The third-order valence-electron chi connectivity index (χ3n) is 2.62. The average Bonchev–Trinajstić information content (AvgIpc) is 2.36. The number of hydrazine groups is 1. The van der Waals surface area contributed by atoms with Crippen molar-refractivity contribution in [2.45, 2.75) is 0 Å². The number of carbonyl (C=O) groups excluding carboxylic acids is 1. The second-order valence-corrected chi connectivity index (χ2v) is 3.69. The summed E-state index contributed by atoms with van der Waals surface area (Å²) in [4.78, 5) is 11.1. The Morgan fingerprint density at radius 3 is 2.53 bits per heavy atom. The molecule has 1 aromatic carbocycles. The topological polar surface area (TPSA) is 73.2 Å². The van der Waals surface area contributed by atoms with Gasteiger partial charge in [0.2, 0.25) is 6.41 Å². The van der Waals surface area contributed by atoms with Crippen molar-refractivity contribution in [3.8, 4) is 11.5 Å². The smallest absolute Gasteiger partial charge is 0.228 e. The second kappa shape index (κ2) is 5.03. The van der Waals surface area contributed by atoms with Gasteiger partial charge < -0.3 is 14.9 Å². The molecule has 1 aromatic rings. The number of carbonyl (C=O) groups is 1. The molecule has 0 radical (unpaired) electrons. The van der Waals surface area contributed by atoms with Gasteiger partial charge >= 0.3 is 0 Å². The lowest BCUT2D eigenvalue weighted by Gasteiger charge is -2.34. The molecule has 6 nitrogen and oxygen atoms in total. The number of hydrogen-bond donors (Lipinski definition) is 2. The Kier molecular flexibility index (Phi) is 3.46. The molecule has 0 atom stereocenters. The van der Waals surface area contributed by atoms with E-state index in [-0.39, 0.29) is 11.5 Å². The molecule has 0 saturated carbocycles. The highest BCUT2D eigenvalue weighted by Gasteiger charge is 2.19. The van der Waals surface area contributed by atoms with Crippen LogP contribution >= 0.6 is 0 Å². The fourth-order valence-electron chi connectivity index (χ4n) is 1.71. The van der Waals surface area contributed by atoms with Crippen LogP contribution in [0.25, 0.3) is 0 Å². The molecule has 0 unspecified atom stereocenters. The molecule has 0 aromatic heterocycles. The van der Waals surface area contributed by atoms with E-state index in [0.717, 1.165) is 0 Å². The number of hydrogen-bond acceptors (Lipinski definition) is 5. The quantitative estimate of drug-likeness (QED) is 0.585. The number of phenolic OH excluding ortho intramolecular Hbond substituents is 2. The van der Waals surface area contributed by atoms with Crippen molar-refractivity contribution < 1.29 is 19.7 Å². The number of morpholine rings is 1. The van der Waals surface area contributed by atoms with E-state index in [4.69, 9.17) is 4.74 Å². The molecule has 0 spiro atoms. The van der Waals surface area contributed by atoms with Crippen LogP contribution in [0.15, 0.2) is 18.2 Å². The van der Waals surface area contributed by atoms with Gasteiger partial charge in [-0.25, -0.2) is 10.0 Å². The van der Waals surface area contributed by atoms with Crippen LogP contribution in [0.4, 0.5) is 5.69 Å². The minimum Gasteiger partial charge on any atom is -0.504 e. The molecule has 1 heterocycles. The maximum atomic E-state index is 11.1. The minimum absolute atomic E-state index is 0.207. The molecule has 2 rings (SSSR count). The molecular formula is C11H14N2O4. The van der Waals surface area contributed by atoms with Gasteiger partial charge in [-0.1, -0.05) is 0 Å². The normalized spacial score (nSPS) is 16.7. The SMILES string of the molecule is O=CN(c1ccc(O)c(O)c1)N1CCOCC1. The van der Waals surface area contributed by atoms with E-state index in [1.54, 1.807) is 6.07 Å². The maximum Gasteiger partial charge on any atom is 0.228 e. The number of amides is 1. The maximum absolute atomic E-state index is 11.1. The van der Waals surface area contributed by atoms with Gasteiger partial charge in [-0.2, -0.15) is 0 Å². The van der Waals surface area contributed by atoms with Gasteiger partial charge in [0.25, 0.3) is 0 Å². The summed E-state index contributed by atoms with van der Waals surface area (Å²) in [6.45, 7) is 2.35. The molecule has 0 bridgehead atoms. The first-order valence-corrected chi connectivity index (χ1v) is 5.31. The lowest BCUT2D eigenvalue weighted by Crippen LogP contribution is -2.48. The zero-order valence-corrected chi connectivity index (χ0v) is 9.24. The Labute approximate surface area is 98.6 Å². The first kappa shape index (κ1) is 11.7. The number of rotatable bonds is 3. The molecule has 17 heavy (non-hydrogen) atoms. The fraction of sp³-hybridized carbons (Fsp3) is 0.364. The van der Waals surface area contributed by atoms with E-state index >= 15 is 0 Å². The highest BCUT2D eigenvalue weighted by atomic mass is 16.5. The summed E-state index contributed by atoms with van der Waals surface area (Å²) < 4.78 is 5.20. The Morgan fingerprint density at radius 2 is 1.94 bits per heavy atom. The molecule has 6 heteroatoms. The van der Waals surface area contributed by atoms with Crippen molar-refractivity contribution in [1.82, 2.24) is 5.01 Å². The summed E-state index contributed by atoms with van der Waals surface area (Å²) in [5.41, 5.74) is 0.511. The standard InChI is InChI=1S/C11H14N2O4/c14-8-13(12-3-5-17-6-4-12)9-1-2-10(15)11(16)7-9/h1-2,7-8,15-16H,3-6H2. The van der Waals surface area contributed by atoms with Gasteiger partial charge in [-0.3, -0.25) is 4.79 Å². The van der Waals surface area contributed by atoms with Crippen molar-refractivity contribution >= 4 is 12.1 Å². The third kappa shape index (κ3) is 2.48. The van der Waals surface area contributed by atoms with Gasteiger partial charge in [-0.15, -0.1) is 0 Å². The first-order valence-electron chi connectivity index (χ1n) is 5.31.